The summed E-state index contributed by atoms with van der Waals surface area (Å²) in [5.41, 5.74) is 0. The maximum Gasteiger partial charge on any atom is 0.469 e. The van der Waals surface area contributed by atoms with E-state index in [1.165, 1.54) is 0 Å². The first-order valence-electron chi connectivity index (χ1n) is 4.78. The minimum Gasteiger partial charge on any atom is -0.480 e. The van der Waals surface area contributed by atoms with Gasteiger partial charge in [0.05, 0.1) is 6.61 Å². The minimum absolute atomic E-state index is 0.808. The van der Waals surface area contributed by atoms with E-state index in [1.54, 1.807) is 5.32 Å². The van der Waals surface area contributed by atoms with E-state index in [4.69, 9.17) is 14.9 Å². The Hall–Kier alpha value is -1.07. The number of carboxylic acids is 1. The van der Waals surface area contributed by atoms with Crippen LogP contribution in [0.3, 0.4) is 0 Å². The average molecular weight is 303 g/mol. The summed E-state index contributed by atoms with van der Waals surface area (Å²) < 4.78 is 14.2. The third-order valence-electron chi connectivity index (χ3n) is 1.81. The van der Waals surface area contributed by atoms with Gasteiger partial charge in [0.2, 0.25) is 0 Å². The number of carbonyl (C=O) groups excluding carboxylic acids is 1. The molecule has 0 aromatic rings. The van der Waals surface area contributed by atoms with Crippen LogP contribution in [0.5, 0.6) is 0 Å². The van der Waals surface area contributed by atoms with Crippen molar-refractivity contribution in [2.75, 3.05) is 13.2 Å². The monoisotopic (exact) mass is 303 g/mol. The predicted molar refractivity (Wildman–Crippen MR) is 56.7 cm³/mol. The molecule has 1 amide bonds. The third-order valence-corrected chi connectivity index (χ3v) is 2.30. The van der Waals surface area contributed by atoms with Gasteiger partial charge in [-0.2, -0.15) is 0 Å². The van der Waals surface area contributed by atoms with Gasteiger partial charge in [-0.3, -0.25) is 14.1 Å². The molecule has 0 rings (SSSR count). The van der Waals surface area contributed by atoms with Crippen molar-refractivity contribution < 1.29 is 48.9 Å². The van der Waals surface area contributed by atoms with E-state index >= 15 is 0 Å². The minimum atomic E-state index is -4.87. The molecule has 0 aromatic carbocycles. The molecule has 0 aliphatic rings. The van der Waals surface area contributed by atoms with Crippen LogP contribution in [-0.4, -0.2) is 73.6 Å². The van der Waals surface area contributed by atoms with Gasteiger partial charge in [0, 0.05) is 0 Å². The molecule has 112 valence electrons. The van der Waals surface area contributed by atoms with Crippen LogP contribution in [-0.2, 0) is 18.7 Å². The van der Waals surface area contributed by atoms with Gasteiger partial charge in [0.25, 0.3) is 5.91 Å². The molecule has 3 atom stereocenters. The number of carbonyl (C=O) groups is 2. The van der Waals surface area contributed by atoms with Gasteiger partial charge in [0.1, 0.15) is 18.8 Å². The fraction of sp³-hybridized carbons (Fsp3) is 0.714. The van der Waals surface area contributed by atoms with Crippen LogP contribution < -0.4 is 5.32 Å². The van der Waals surface area contributed by atoms with Crippen molar-refractivity contribution in [3.05, 3.63) is 0 Å². The molecule has 0 unspecified atom stereocenters. The fourth-order valence-electron chi connectivity index (χ4n) is 0.905. The van der Waals surface area contributed by atoms with Crippen molar-refractivity contribution in [2.24, 2.45) is 0 Å². The van der Waals surface area contributed by atoms with Crippen molar-refractivity contribution in [3.8, 4) is 0 Å². The lowest BCUT2D eigenvalue weighted by molar-refractivity contribution is -0.145. The Balaban J connectivity index is 4.30. The molecule has 7 N–H and O–H groups in total. The number of hydrogen-bond acceptors (Lipinski definition) is 7. The van der Waals surface area contributed by atoms with E-state index in [9.17, 15) is 29.5 Å². The van der Waals surface area contributed by atoms with Gasteiger partial charge >= 0.3 is 13.8 Å². The van der Waals surface area contributed by atoms with Crippen LogP contribution in [0.15, 0.2) is 0 Å². The predicted octanol–water partition coefficient (Wildman–Crippen LogP) is -3.62. The van der Waals surface area contributed by atoms with Crippen LogP contribution in [0.2, 0.25) is 0 Å². The first-order chi connectivity index (χ1) is 8.54. The second-order valence-corrected chi connectivity index (χ2v) is 4.64. The lowest BCUT2D eigenvalue weighted by Crippen LogP contribution is -2.49. The van der Waals surface area contributed by atoms with Crippen LogP contribution in [0.4, 0.5) is 0 Å². The quantitative estimate of drug-likeness (QED) is 0.220. The maximum atomic E-state index is 11.1. The normalized spacial score (nSPS) is 16.5. The summed E-state index contributed by atoms with van der Waals surface area (Å²) in [6, 6.07) is 0. The molecule has 0 saturated carbocycles. The van der Waals surface area contributed by atoms with Gasteiger partial charge in [0.15, 0.2) is 6.10 Å². The summed E-state index contributed by atoms with van der Waals surface area (Å²) in [7, 11) is -4.87. The Kier molecular flexibility index (Phi) is 7.08. The average Bonchev–Trinajstić information content (AvgIpc) is 2.29. The van der Waals surface area contributed by atoms with E-state index in [1.807, 2.05) is 0 Å². The van der Waals surface area contributed by atoms with Gasteiger partial charge in [-0.25, -0.2) is 4.57 Å². The standard InChI is InChI=1S/C7H14NO10P/c9-3(2-18-19(15,16)17)5(12)6(13)7(14)8-1-4(10)11/h3,5-6,9,12-13H,1-2H2,(H,8,14)(H,10,11)(H2,15,16,17)/t3-,5-,6-/m1/s1. The highest BCUT2D eigenvalue weighted by Crippen LogP contribution is 2.35. The highest BCUT2D eigenvalue weighted by molar-refractivity contribution is 7.46. The molecule has 0 spiro atoms. The molecule has 0 bridgehead atoms. The fourth-order valence-corrected chi connectivity index (χ4v) is 1.25. The highest BCUT2D eigenvalue weighted by atomic mass is 31.2. The molecule has 0 fully saturated rings. The number of phosphoric acid groups is 1. The Morgan fingerprint density at radius 3 is 2.16 bits per heavy atom. The Bertz CT molecular complexity index is 367. The van der Waals surface area contributed by atoms with Crippen molar-refractivity contribution in [2.45, 2.75) is 18.3 Å². The molecule has 0 heterocycles. The van der Waals surface area contributed by atoms with E-state index in [2.05, 4.69) is 4.52 Å². The van der Waals surface area contributed by atoms with Gasteiger partial charge < -0.3 is 35.5 Å². The van der Waals surface area contributed by atoms with Crippen LogP contribution in [0, 0.1) is 0 Å². The number of aliphatic carboxylic acids is 1. The Morgan fingerprint density at radius 1 is 1.21 bits per heavy atom. The molecule has 0 aliphatic carbocycles. The van der Waals surface area contributed by atoms with Crippen LogP contribution >= 0.6 is 7.82 Å². The van der Waals surface area contributed by atoms with Crippen molar-refractivity contribution in [3.63, 3.8) is 0 Å². The van der Waals surface area contributed by atoms with Crippen molar-refractivity contribution >= 4 is 19.7 Å². The SMILES string of the molecule is O=C(O)CNC(=O)[C@H](O)[C@H](O)[C@H](O)COP(=O)(O)O. The molecule has 19 heavy (non-hydrogen) atoms. The number of aliphatic hydroxyl groups excluding tert-OH is 3. The molecule has 0 aromatic heterocycles. The molecule has 12 heteroatoms. The number of rotatable bonds is 8. The number of nitrogens with one attached hydrogen (secondary N) is 1. The molecule has 11 nitrogen and oxygen atoms in total. The zero-order valence-electron chi connectivity index (χ0n) is 9.41. The van der Waals surface area contributed by atoms with Crippen molar-refractivity contribution in [1.82, 2.24) is 5.32 Å². The molecule has 0 radical (unpaired) electrons. The number of phosphoric ester groups is 1. The first kappa shape index (κ1) is 17.9. The van der Waals surface area contributed by atoms with E-state index < -0.39 is 51.2 Å². The number of carboxylic acid groups (broad SMARTS) is 1. The molecule has 0 aliphatic heterocycles. The van der Waals surface area contributed by atoms with Gasteiger partial charge in [-0.15, -0.1) is 0 Å². The third kappa shape index (κ3) is 7.85. The van der Waals surface area contributed by atoms with Gasteiger partial charge in [-0.1, -0.05) is 0 Å². The number of amides is 1. The maximum absolute atomic E-state index is 11.1. The van der Waals surface area contributed by atoms with Crippen LogP contribution in [0.25, 0.3) is 0 Å². The van der Waals surface area contributed by atoms with E-state index in [-0.39, 0.29) is 0 Å². The largest absolute Gasteiger partial charge is 0.480 e. The smallest absolute Gasteiger partial charge is 0.469 e. The zero-order valence-corrected chi connectivity index (χ0v) is 10.3. The topological polar surface area (TPSA) is 194 Å². The first-order valence-corrected chi connectivity index (χ1v) is 6.31. The Labute approximate surface area is 106 Å². The Morgan fingerprint density at radius 2 is 1.74 bits per heavy atom. The number of aliphatic hydroxyl groups is 3. The van der Waals surface area contributed by atoms with Gasteiger partial charge in [-0.05, 0) is 0 Å². The summed E-state index contributed by atoms with van der Waals surface area (Å²) in [6.45, 7) is -1.84. The lowest BCUT2D eigenvalue weighted by atomic mass is 10.1. The highest BCUT2D eigenvalue weighted by Gasteiger charge is 2.32. The van der Waals surface area contributed by atoms with Crippen molar-refractivity contribution in [1.29, 1.82) is 0 Å². The molecular formula is C7H14NO10P. The van der Waals surface area contributed by atoms with Crippen LogP contribution in [0.1, 0.15) is 0 Å². The summed E-state index contributed by atoms with van der Waals surface area (Å²) in [4.78, 5) is 37.9. The summed E-state index contributed by atoms with van der Waals surface area (Å²) in [5.74, 6) is -2.66. The summed E-state index contributed by atoms with van der Waals surface area (Å²) in [6.07, 6.45) is -6.26. The second kappa shape index (κ2) is 7.50. The second-order valence-electron chi connectivity index (χ2n) is 3.40. The number of hydrogen-bond donors (Lipinski definition) is 7. The summed E-state index contributed by atoms with van der Waals surface area (Å²) in [5, 5.41) is 37.7. The zero-order chi connectivity index (χ0) is 15.2. The van der Waals surface area contributed by atoms with E-state index in [0.717, 1.165) is 0 Å². The lowest BCUT2D eigenvalue weighted by Gasteiger charge is -2.22. The van der Waals surface area contributed by atoms with E-state index in [0.29, 0.717) is 0 Å². The molecule has 0 saturated heterocycles. The summed E-state index contributed by atoms with van der Waals surface area (Å²) >= 11 is 0. The molecular weight excluding hydrogens is 289 g/mol.